The van der Waals surface area contributed by atoms with Crippen LogP contribution in [0.2, 0.25) is 0 Å². The molecule has 4 aliphatic carbocycles. The Kier molecular flexibility index (Phi) is 16.5. The van der Waals surface area contributed by atoms with E-state index in [1.807, 2.05) is 41.5 Å². The highest BCUT2D eigenvalue weighted by molar-refractivity contribution is 5.74. The highest BCUT2D eigenvalue weighted by atomic mass is 16.8. The van der Waals surface area contributed by atoms with Crippen molar-refractivity contribution in [3.05, 3.63) is 0 Å². The molecule has 4 N–H and O–H groups in total. The largest absolute Gasteiger partial charge is 0.481 e. The highest BCUT2D eigenvalue weighted by Gasteiger charge is 2.68. The van der Waals surface area contributed by atoms with Gasteiger partial charge in [0.25, 0.3) is 11.9 Å². The van der Waals surface area contributed by atoms with Crippen molar-refractivity contribution in [2.45, 2.75) is 213 Å². The van der Waals surface area contributed by atoms with E-state index in [0.29, 0.717) is 30.6 Å². The number of nitrogens with two attached hydrogens (primary N) is 1. The van der Waals surface area contributed by atoms with Gasteiger partial charge in [-0.05, 0) is 120 Å². The van der Waals surface area contributed by atoms with Crippen LogP contribution in [0.1, 0.15) is 147 Å². The third kappa shape index (κ3) is 10.6. The van der Waals surface area contributed by atoms with Gasteiger partial charge < -0.3 is 53.8 Å². The smallest absolute Gasteiger partial charge is 0.309 e. The molecular weight excluding hydrogens is 766 g/mol. The maximum atomic E-state index is 12.8. The molecule has 0 aromatic heterocycles. The van der Waals surface area contributed by atoms with E-state index in [2.05, 4.69) is 13.8 Å². The molecule has 7 rings (SSSR count). The molecule has 3 heterocycles. The van der Waals surface area contributed by atoms with Gasteiger partial charge in [-0.2, -0.15) is 0 Å². The lowest BCUT2D eigenvalue weighted by molar-refractivity contribution is -0.322. The SMILES string of the molecule is CC.CC(=O)O.CC(=O)O.COC(=O)C1CCC2(N)C3CCC4CC(OC5OC(C)C(OC6CCC(OC(C)=O)C(C)O6)C6OC(C)(C)OC56)CCC4(C)C3CCC12C. The van der Waals surface area contributed by atoms with Gasteiger partial charge in [0.15, 0.2) is 18.4 Å². The monoisotopic (exact) mass is 842 g/mol. The van der Waals surface area contributed by atoms with Gasteiger partial charge in [0, 0.05) is 32.7 Å². The summed E-state index contributed by atoms with van der Waals surface area (Å²) in [6, 6.07) is 0. The molecule has 4 saturated carbocycles. The van der Waals surface area contributed by atoms with Gasteiger partial charge in [0.2, 0.25) is 0 Å². The Hall–Kier alpha value is -2.40. The number of rotatable bonds is 6. The van der Waals surface area contributed by atoms with Crippen LogP contribution in [-0.2, 0) is 57.1 Å². The van der Waals surface area contributed by atoms with Gasteiger partial charge in [0.1, 0.15) is 24.4 Å². The average Bonchev–Trinajstić information content (AvgIpc) is 3.63. The number of methoxy groups -OCH3 is 1. The third-order valence-corrected chi connectivity index (χ3v) is 14.5. The van der Waals surface area contributed by atoms with Gasteiger partial charge in [-0.25, -0.2) is 0 Å². The zero-order chi connectivity index (χ0) is 44.2. The standard InChI is InChI=1S/C38H61NO10.2C2H4O2.C2H6/c1-20-28(45-22(3)40)11-12-29(43-20)47-30-21(2)44-34(32-31(30)48-35(4,5)49-32)46-24-13-16-36(6)23(19-24)9-10-26-25(36)14-17-37(7)27(33(41)42-8)15-18-38(26,37)39;2*1-2(3)4;1-2/h20-21,23-32,34H,9-19,39H2,1-8H3;2*1H3,(H,3,4);1-2H3. The normalized spacial score (nSPS) is 44.1. The number of ether oxygens (including phenoxy) is 8. The summed E-state index contributed by atoms with van der Waals surface area (Å²) in [5, 5.41) is 14.8. The zero-order valence-electron chi connectivity index (χ0n) is 37.7. The molecule has 3 saturated heterocycles. The van der Waals surface area contributed by atoms with Crippen molar-refractivity contribution in [1.29, 1.82) is 0 Å². The van der Waals surface area contributed by atoms with Crippen molar-refractivity contribution in [3.8, 4) is 0 Å². The molecule has 0 radical (unpaired) electrons. The minimum atomic E-state index is -0.833. The van der Waals surface area contributed by atoms with E-state index in [9.17, 15) is 9.59 Å². The third-order valence-electron chi connectivity index (χ3n) is 14.5. The molecule has 7 fully saturated rings. The summed E-state index contributed by atoms with van der Waals surface area (Å²) >= 11 is 0. The Morgan fingerprint density at radius 3 is 1.95 bits per heavy atom. The van der Waals surface area contributed by atoms with Crippen molar-refractivity contribution < 1.29 is 67.3 Å². The number of carbonyl (C=O) groups is 4. The van der Waals surface area contributed by atoms with Crippen LogP contribution in [0.15, 0.2) is 0 Å². The number of carbonyl (C=O) groups excluding carboxylic acids is 2. The van der Waals surface area contributed by atoms with Crippen LogP contribution in [-0.4, -0.2) is 108 Å². The van der Waals surface area contributed by atoms with Gasteiger partial charge in [0.05, 0.1) is 31.3 Å². The fraction of sp³-hybridized carbons (Fsp3) is 0.909. The Morgan fingerprint density at radius 1 is 0.729 bits per heavy atom. The molecule has 0 aromatic carbocycles. The van der Waals surface area contributed by atoms with Crippen LogP contribution < -0.4 is 5.73 Å². The second kappa shape index (κ2) is 19.8. The van der Waals surface area contributed by atoms with Gasteiger partial charge >= 0.3 is 11.9 Å². The number of hydrogen-bond acceptors (Lipinski definition) is 13. The van der Waals surface area contributed by atoms with Crippen LogP contribution >= 0.6 is 0 Å². The van der Waals surface area contributed by atoms with Crippen LogP contribution in [0.25, 0.3) is 0 Å². The Morgan fingerprint density at radius 2 is 1.36 bits per heavy atom. The predicted octanol–water partition coefficient (Wildman–Crippen LogP) is 6.60. The fourth-order valence-corrected chi connectivity index (χ4v) is 11.9. The van der Waals surface area contributed by atoms with Crippen LogP contribution in [0.5, 0.6) is 0 Å². The second-order valence-electron chi connectivity index (χ2n) is 18.5. The van der Waals surface area contributed by atoms with E-state index < -0.39 is 42.5 Å². The summed E-state index contributed by atoms with van der Waals surface area (Å²) in [5.41, 5.74) is 7.11. The number of esters is 2. The first-order valence-electron chi connectivity index (χ1n) is 22.0. The summed E-state index contributed by atoms with van der Waals surface area (Å²) in [6.45, 7) is 20.1. The van der Waals surface area contributed by atoms with Gasteiger partial charge in [-0.3, -0.25) is 19.2 Å². The summed E-state index contributed by atoms with van der Waals surface area (Å²) in [5.74, 6) is -1.44. The molecule has 16 atom stereocenters. The lowest BCUT2D eigenvalue weighted by Crippen LogP contribution is -2.67. The Balaban J connectivity index is 0.000000698. The number of fused-ring (bicyclic) bond motifs is 6. The maximum Gasteiger partial charge on any atom is 0.309 e. The molecule has 16 unspecified atom stereocenters. The molecule has 3 aliphatic heterocycles. The molecule has 0 spiro atoms. The predicted molar refractivity (Wildman–Crippen MR) is 216 cm³/mol. The van der Waals surface area contributed by atoms with Crippen molar-refractivity contribution in [2.24, 2.45) is 40.2 Å². The van der Waals surface area contributed by atoms with E-state index in [-0.39, 0.29) is 64.7 Å². The van der Waals surface area contributed by atoms with E-state index in [1.54, 1.807) is 0 Å². The summed E-state index contributed by atoms with van der Waals surface area (Å²) in [7, 11) is 1.51. The van der Waals surface area contributed by atoms with Crippen molar-refractivity contribution in [3.63, 3.8) is 0 Å². The van der Waals surface area contributed by atoms with Crippen LogP contribution in [0.3, 0.4) is 0 Å². The quantitative estimate of drug-likeness (QED) is 0.190. The molecule has 0 amide bonds. The lowest BCUT2D eigenvalue weighted by atomic mass is 9.42. The number of hydrogen-bond donors (Lipinski definition) is 3. The second-order valence-corrected chi connectivity index (χ2v) is 18.5. The van der Waals surface area contributed by atoms with E-state index in [1.165, 1.54) is 14.0 Å². The molecule has 0 bridgehead atoms. The minimum Gasteiger partial charge on any atom is -0.481 e. The first-order valence-corrected chi connectivity index (χ1v) is 22.0. The molecule has 15 heteroatoms. The highest BCUT2D eigenvalue weighted by Crippen LogP contribution is 2.68. The number of aliphatic carboxylic acids is 2. The molecule has 340 valence electrons. The van der Waals surface area contributed by atoms with Crippen molar-refractivity contribution in [1.82, 2.24) is 0 Å². The fourth-order valence-electron chi connectivity index (χ4n) is 11.9. The summed E-state index contributed by atoms with van der Waals surface area (Å²) < 4.78 is 49.7. The first kappa shape index (κ1) is 49.3. The Bertz CT molecular complexity index is 1440. The molecule has 59 heavy (non-hydrogen) atoms. The minimum absolute atomic E-state index is 0.0638. The average molecular weight is 842 g/mol. The molecular formula is C44H75NO14. The molecule has 0 aromatic rings. The number of carboxylic acid groups (broad SMARTS) is 2. The summed E-state index contributed by atoms with van der Waals surface area (Å²) in [6.07, 6.45) is 7.33. The van der Waals surface area contributed by atoms with Crippen molar-refractivity contribution >= 4 is 23.9 Å². The lowest BCUT2D eigenvalue weighted by Gasteiger charge is -2.64. The molecule has 7 aliphatic rings. The van der Waals surface area contributed by atoms with Crippen LogP contribution in [0, 0.1) is 34.5 Å². The van der Waals surface area contributed by atoms with E-state index >= 15 is 0 Å². The van der Waals surface area contributed by atoms with Gasteiger partial charge in [-0.15, -0.1) is 0 Å². The van der Waals surface area contributed by atoms with Gasteiger partial charge in [-0.1, -0.05) is 27.7 Å². The van der Waals surface area contributed by atoms with E-state index in [4.69, 9.17) is 63.4 Å². The topological polar surface area (TPSA) is 209 Å². The maximum absolute atomic E-state index is 12.8. The van der Waals surface area contributed by atoms with Crippen molar-refractivity contribution in [2.75, 3.05) is 7.11 Å². The summed E-state index contributed by atoms with van der Waals surface area (Å²) in [4.78, 5) is 42.3. The van der Waals surface area contributed by atoms with Crippen LogP contribution in [0.4, 0.5) is 0 Å². The zero-order valence-corrected chi connectivity index (χ0v) is 37.7. The first-order chi connectivity index (χ1) is 27.5. The Labute approximate surface area is 351 Å². The van der Waals surface area contributed by atoms with E-state index in [0.717, 1.165) is 71.6 Å². The number of carboxylic acids is 2. The molecule has 15 nitrogen and oxygen atoms in total.